The van der Waals surface area contributed by atoms with Gasteiger partial charge in [0.2, 0.25) is 0 Å². The Morgan fingerprint density at radius 3 is 2.72 bits per heavy atom. The van der Waals surface area contributed by atoms with Crippen molar-refractivity contribution in [3.05, 3.63) is 41.5 Å². The predicted molar refractivity (Wildman–Crippen MR) is 86.3 cm³/mol. The Morgan fingerprint density at radius 1 is 1.32 bits per heavy atom. The van der Waals surface area contributed by atoms with Gasteiger partial charge in [0, 0.05) is 11.5 Å². The van der Waals surface area contributed by atoms with E-state index in [1.165, 1.54) is 12.3 Å². The highest BCUT2D eigenvalue weighted by molar-refractivity contribution is 5.88. The number of alkyl halides is 1. The number of benzene rings is 1. The molecule has 1 aromatic heterocycles. The van der Waals surface area contributed by atoms with Crippen molar-refractivity contribution in [2.45, 2.75) is 37.5 Å². The average molecular weight is 349 g/mol. The van der Waals surface area contributed by atoms with Crippen LogP contribution in [0.25, 0.3) is 11.3 Å². The quantitative estimate of drug-likeness (QED) is 0.785. The molecule has 1 aliphatic carbocycles. The van der Waals surface area contributed by atoms with Crippen LogP contribution in [0.1, 0.15) is 41.2 Å². The normalized spacial score (nSPS) is 23.4. The van der Waals surface area contributed by atoms with Crippen LogP contribution in [0, 0.1) is 5.82 Å². The SMILES string of the molecule is Nc1ncc([C@H]2CCC(O)[C@@H](F)C2)nc1-c1ccc(C(=O)O)c(F)c1. The van der Waals surface area contributed by atoms with E-state index in [1.807, 2.05) is 0 Å². The molecule has 3 rings (SSSR count). The summed E-state index contributed by atoms with van der Waals surface area (Å²) in [5, 5.41) is 18.4. The lowest BCUT2D eigenvalue weighted by atomic mass is 9.84. The molecule has 0 saturated heterocycles. The van der Waals surface area contributed by atoms with E-state index in [0.717, 1.165) is 12.1 Å². The van der Waals surface area contributed by atoms with Crippen molar-refractivity contribution in [2.75, 3.05) is 5.73 Å². The molecule has 1 aliphatic rings. The van der Waals surface area contributed by atoms with Crippen LogP contribution in [0.5, 0.6) is 0 Å². The van der Waals surface area contributed by atoms with Gasteiger partial charge in [0.1, 0.15) is 23.5 Å². The Hall–Kier alpha value is -2.61. The van der Waals surface area contributed by atoms with Gasteiger partial charge in [-0.3, -0.25) is 0 Å². The Labute approximate surface area is 142 Å². The second kappa shape index (κ2) is 6.72. The molecule has 4 N–H and O–H groups in total. The molecule has 2 aromatic rings. The van der Waals surface area contributed by atoms with Crippen molar-refractivity contribution >= 4 is 11.8 Å². The summed E-state index contributed by atoms with van der Waals surface area (Å²) in [6, 6.07) is 3.57. The smallest absolute Gasteiger partial charge is 0.338 e. The number of rotatable bonds is 3. The van der Waals surface area contributed by atoms with Gasteiger partial charge >= 0.3 is 5.97 Å². The molecule has 25 heavy (non-hydrogen) atoms. The van der Waals surface area contributed by atoms with E-state index in [1.54, 1.807) is 0 Å². The van der Waals surface area contributed by atoms with Crippen molar-refractivity contribution in [3.63, 3.8) is 0 Å². The van der Waals surface area contributed by atoms with Crippen LogP contribution in [-0.4, -0.2) is 38.4 Å². The zero-order chi connectivity index (χ0) is 18.1. The number of anilines is 1. The zero-order valence-corrected chi connectivity index (χ0v) is 13.2. The van der Waals surface area contributed by atoms with Crippen LogP contribution in [0.3, 0.4) is 0 Å². The number of aliphatic hydroxyl groups excluding tert-OH is 1. The van der Waals surface area contributed by atoms with Crippen molar-refractivity contribution < 1.29 is 23.8 Å². The number of carboxylic acid groups (broad SMARTS) is 1. The maximum absolute atomic E-state index is 13.9. The second-order valence-corrected chi connectivity index (χ2v) is 6.12. The molecule has 1 saturated carbocycles. The van der Waals surface area contributed by atoms with E-state index in [2.05, 4.69) is 9.97 Å². The number of carbonyl (C=O) groups is 1. The molecule has 132 valence electrons. The van der Waals surface area contributed by atoms with E-state index in [4.69, 9.17) is 10.8 Å². The zero-order valence-electron chi connectivity index (χ0n) is 13.2. The van der Waals surface area contributed by atoms with Gasteiger partial charge in [0.25, 0.3) is 0 Å². The second-order valence-electron chi connectivity index (χ2n) is 6.12. The minimum absolute atomic E-state index is 0.0684. The molecule has 3 atom stereocenters. The molecule has 0 bridgehead atoms. The fourth-order valence-corrected chi connectivity index (χ4v) is 3.03. The fourth-order valence-electron chi connectivity index (χ4n) is 3.03. The number of hydrogen-bond donors (Lipinski definition) is 3. The van der Waals surface area contributed by atoms with E-state index >= 15 is 0 Å². The van der Waals surface area contributed by atoms with Gasteiger partial charge in [-0.15, -0.1) is 0 Å². The molecule has 1 aromatic carbocycles. The summed E-state index contributed by atoms with van der Waals surface area (Å²) in [5.74, 6) is -2.42. The Kier molecular flexibility index (Phi) is 4.63. The summed E-state index contributed by atoms with van der Waals surface area (Å²) >= 11 is 0. The maximum atomic E-state index is 13.9. The van der Waals surface area contributed by atoms with Crippen LogP contribution in [-0.2, 0) is 0 Å². The summed E-state index contributed by atoms with van der Waals surface area (Å²) < 4.78 is 27.7. The van der Waals surface area contributed by atoms with Crippen molar-refractivity contribution in [1.82, 2.24) is 9.97 Å². The molecule has 6 nitrogen and oxygen atoms in total. The molecule has 1 fully saturated rings. The third kappa shape index (κ3) is 3.43. The largest absolute Gasteiger partial charge is 0.478 e. The molecule has 0 amide bonds. The van der Waals surface area contributed by atoms with Crippen LogP contribution < -0.4 is 5.73 Å². The molecule has 0 radical (unpaired) electrons. The number of carboxylic acids is 1. The first-order chi connectivity index (χ1) is 11.9. The summed E-state index contributed by atoms with van der Waals surface area (Å²) in [6.45, 7) is 0. The van der Waals surface area contributed by atoms with Gasteiger partial charge in [-0.25, -0.2) is 23.5 Å². The number of nitrogens with zero attached hydrogens (tertiary/aromatic N) is 2. The minimum atomic E-state index is -1.37. The first-order valence-corrected chi connectivity index (χ1v) is 7.84. The number of aliphatic hydroxyl groups is 1. The predicted octanol–water partition coefficient (Wildman–Crippen LogP) is 2.53. The van der Waals surface area contributed by atoms with Gasteiger partial charge in [-0.1, -0.05) is 6.07 Å². The average Bonchev–Trinajstić information content (AvgIpc) is 2.57. The van der Waals surface area contributed by atoms with E-state index in [9.17, 15) is 18.7 Å². The minimum Gasteiger partial charge on any atom is -0.478 e. The highest BCUT2D eigenvalue weighted by atomic mass is 19.1. The number of aromatic carboxylic acids is 1. The van der Waals surface area contributed by atoms with Crippen LogP contribution in [0.15, 0.2) is 24.4 Å². The number of nitrogens with two attached hydrogens (primary N) is 1. The lowest BCUT2D eigenvalue weighted by Gasteiger charge is -2.28. The van der Waals surface area contributed by atoms with Crippen molar-refractivity contribution in [1.29, 1.82) is 0 Å². The van der Waals surface area contributed by atoms with Crippen LogP contribution in [0.4, 0.5) is 14.6 Å². The molecule has 0 aliphatic heterocycles. The Bertz CT molecular complexity index is 816. The summed E-state index contributed by atoms with van der Waals surface area (Å²) in [7, 11) is 0. The van der Waals surface area contributed by atoms with E-state index in [0.29, 0.717) is 24.1 Å². The third-order valence-electron chi connectivity index (χ3n) is 4.45. The van der Waals surface area contributed by atoms with Gasteiger partial charge in [0.15, 0.2) is 0 Å². The number of nitrogen functional groups attached to an aromatic ring is 1. The van der Waals surface area contributed by atoms with Crippen molar-refractivity contribution in [2.24, 2.45) is 0 Å². The van der Waals surface area contributed by atoms with Gasteiger partial charge < -0.3 is 15.9 Å². The molecule has 1 unspecified atom stereocenters. The van der Waals surface area contributed by atoms with Gasteiger partial charge in [-0.05, 0) is 31.4 Å². The summed E-state index contributed by atoms with van der Waals surface area (Å²) in [5.41, 5.74) is 6.40. The number of hydrogen-bond acceptors (Lipinski definition) is 5. The van der Waals surface area contributed by atoms with Gasteiger partial charge in [-0.2, -0.15) is 0 Å². The van der Waals surface area contributed by atoms with Gasteiger partial charge in [0.05, 0.1) is 23.6 Å². The molecular weight excluding hydrogens is 332 g/mol. The van der Waals surface area contributed by atoms with Crippen LogP contribution >= 0.6 is 0 Å². The first kappa shape index (κ1) is 17.2. The third-order valence-corrected chi connectivity index (χ3v) is 4.45. The Balaban J connectivity index is 1.95. The molecule has 8 heteroatoms. The summed E-state index contributed by atoms with van der Waals surface area (Å²) in [6.07, 6.45) is 0.187. The Morgan fingerprint density at radius 2 is 2.08 bits per heavy atom. The topological polar surface area (TPSA) is 109 Å². The van der Waals surface area contributed by atoms with Crippen molar-refractivity contribution in [3.8, 4) is 11.3 Å². The monoisotopic (exact) mass is 349 g/mol. The lowest BCUT2D eigenvalue weighted by molar-refractivity contribution is 0.0363. The van der Waals surface area contributed by atoms with Crippen LogP contribution in [0.2, 0.25) is 0 Å². The lowest BCUT2D eigenvalue weighted by Crippen LogP contribution is -2.30. The highest BCUT2D eigenvalue weighted by Gasteiger charge is 2.31. The molecule has 1 heterocycles. The fraction of sp³-hybridized carbons (Fsp3) is 0.353. The highest BCUT2D eigenvalue weighted by Crippen LogP contribution is 2.35. The number of aromatic nitrogens is 2. The standard InChI is InChI=1S/C17H17F2N3O3/c18-11-6-9(1-3-10(11)17(24)25)15-16(20)21-7-13(22-15)8-2-4-14(23)12(19)5-8/h1,3,6-8,12,14,23H,2,4-5H2,(H2,20,21)(H,24,25)/t8-,12-,14?/m0/s1. The maximum Gasteiger partial charge on any atom is 0.338 e. The van der Waals surface area contributed by atoms with E-state index in [-0.39, 0.29) is 23.9 Å². The first-order valence-electron chi connectivity index (χ1n) is 7.84. The van der Waals surface area contributed by atoms with E-state index < -0.39 is 29.6 Å². The summed E-state index contributed by atoms with van der Waals surface area (Å²) in [4.78, 5) is 19.4. The molecule has 0 spiro atoms. The number of halogens is 2. The molecular formula is C17H17F2N3O3.